The SMILES string of the molecule is CCN1c2ncc(CC#N)cc2C(=O)N(C)c2cccnc21. The lowest BCUT2D eigenvalue weighted by atomic mass is 10.1. The lowest BCUT2D eigenvalue weighted by Gasteiger charge is -2.22. The van der Waals surface area contributed by atoms with E-state index >= 15 is 0 Å². The molecule has 0 aliphatic carbocycles. The molecule has 2 aromatic rings. The van der Waals surface area contributed by atoms with E-state index in [2.05, 4.69) is 16.0 Å². The van der Waals surface area contributed by atoms with Crippen LogP contribution in [0.3, 0.4) is 0 Å². The quantitative estimate of drug-likeness (QED) is 0.849. The molecule has 0 radical (unpaired) electrons. The van der Waals surface area contributed by atoms with Crippen LogP contribution in [0.4, 0.5) is 17.3 Å². The predicted octanol–water partition coefficient (Wildman–Crippen LogP) is 2.29. The van der Waals surface area contributed by atoms with Crippen molar-refractivity contribution in [1.29, 1.82) is 5.26 Å². The van der Waals surface area contributed by atoms with E-state index in [4.69, 9.17) is 5.26 Å². The molecule has 1 aliphatic rings. The van der Waals surface area contributed by atoms with Gasteiger partial charge in [0, 0.05) is 26.0 Å². The summed E-state index contributed by atoms with van der Waals surface area (Å²) in [6, 6.07) is 7.51. The normalized spacial score (nSPS) is 13.2. The molecule has 0 spiro atoms. The summed E-state index contributed by atoms with van der Waals surface area (Å²) in [5.41, 5.74) is 1.97. The first-order valence-corrected chi connectivity index (χ1v) is 7.03. The van der Waals surface area contributed by atoms with E-state index in [-0.39, 0.29) is 12.3 Å². The Labute approximate surface area is 128 Å². The number of amides is 1. The van der Waals surface area contributed by atoms with Crippen LogP contribution in [0, 0.1) is 11.3 Å². The molecule has 0 atom stereocenters. The number of hydrogen-bond acceptors (Lipinski definition) is 5. The highest BCUT2D eigenvalue weighted by Crippen LogP contribution is 2.37. The van der Waals surface area contributed by atoms with Gasteiger partial charge in [0.05, 0.1) is 23.7 Å². The minimum absolute atomic E-state index is 0.146. The Morgan fingerprint density at radius 3 is 2.86 bits per heavy atom. The third-order valence-electron chi connectivity index (χ3n) is 3.70. The van der Waals surface area contributed by atoms with Gasteiger partial charge < -0.3 is 9.80 Å². The zero-order valence-electron chi connectivity index (χ0n) is 12.4. The van der Waals surface area contributed by atoms with Gasteiger partial charge in [-0.05, 0) is 30.7 Å². The number of fused-ring (bicyclic) bond motifs is 2. The first-order chi connectivity index (χ1) is 10.7. The van der Waals surface area contributed by atoms with E-state index in [1.807, 2.05) is 17.9 Å². The monoisotopic (exact) mass is 293 g/mol. The second kappa shape index (κ2) is 5.45. The van der Waals surface area contributed by atoms with Gasteiger partial charge in [-0.2, -0.15) is 5.26 Å². The fraction of sp³-hybridized carbons (Fsp3) is 0.250. The molecule has 110 valence electrons. The van der Waals surface area contributed by atoms with Crippen molar-refractivity contribution in [3.8, 4) is 6.07 Å². The van der Waals surface area contributed by atoms with Gasteiger partial charge >= 0.3 is 0 Å². The zero-order valence-corrected chi connectivity index (χ0v) is 12.4. The van der Waals surface area contributed by atoms with Gasteiger partial charge in [-0.15, -0.1) is 0 Å². The summed E-state index contributed by atoms with van der Waals surface area (Å²) in [6.45, 7) is 2.63. The Morgan fingerprint density at radius 2 is 2.14 bits per heavy atom. The highest BCUT2D eigenvalue weighted by molar-refractivity contribution is 6.12. The number of anilines is 3. The van der Waals surface area contributed by atoms with Crippen LogP contribution < -0.4 is 9.80 Å². The number of aromatic nitrogens is 2. The van der Waals surface area contributed by atoms with Crippen LogP contribution in [0.25, 0.3) is 0 Å². The van der Waals surface area contributed by atoms with Gasteiger partial charge in [-0.1, -0.05) is 0 Å². The number of rotatable bonds is 2. The fourth-order valence-electron chi connectivity index (χ4n) is 2.61. The van der Waals surface area contributed by atoms with Crippen molar-refractivity contribution in [2.75, 3.05) is 23.4 Å². The summed E-state index contributed by atoms with van der Waals surface area (Å²) in [6.07, 6.45) is 3.58. The van der Waals surface area contributed by atoms with Crippen molar-refractivity contribution in [3.63, 3.8) is 0 Å². The number of hydrogen-bond donors (Lipinski definition) is 0. The van der Waals surface area contributed by atoms with Crippen molar-refractivity contribution in [2.24, 2.45) is 0 Å². The van der Waals surface area contributed by atoms with Crippen molar-refractivity contribution in [1.82, 2.24) is 9.97 Å². The molecule has 0 aromatic carbocycles. The minimum Gasteiger partial charge on any atom is -0.309 e. The average molecular weight is 293 g/mol. The number of nitrogens with zero attached hydrogens (tertiary/aromatic N) is 5. The van der Waals surface area contributed by atoms with E-state index in [0.29, 0.717) is 23.7 Å². The topological polar surface area (TPSA) is 73.1 Å². The summed E-state index contributed by atoms with van der Waals surface area (Å²) in [5.74, 6) is 1.14. The molecule has 3 heterocycles. The van der Waals surface area contributed by atoms with Crippen molar-refractivity contribution >= 4 is 23.2 Å². The Bertz CT molecular complexity index is 780. The second-order valence-electron chi connectivity index (χ2n) is 5.00. The smallest absolute Gasteiger partial charge is 0.261 e. The van der Waals surface area contributed by atoms with Crippen LogP contribution >= 0.6 is 0 Å². The molecule has 6 heteroatoms. The lowest BCUT2D eigenvalue weighted by molar-refractivity contribution is 0.0994. The maximum Gasteiger partial charge on any atom is 0.261 e. The van der Waals surface area contributed by atoms with E-state index in [1.165, 1.54) is 0 Å². The van der Waals surface area contributed by atoms with Gasteiger partial charge in [0.1, 0.15) is 5.82 Å². The van der Waals surface area contributed by atoms with Gasteiger partial charge in [-0.25, -0.2) is 9.97 Å². The zero-order chi connectivity index (χ0) is 15.7. The van der Waals surface area contributed by atoms with E-state index in [1.54, 1.807) is 36.5 Å². The standard InChI is InChI=1S/C16H15N5O/c1-3-21-14-12(9-11(6-7-17)10-19-14)16(22)20(2)13-5-4-8-18-15(13)21/h4-5,8-10H,3,6H2,1-2H3. The van der Waals surface area contributed by atoms with Gasteiger partial charge in [-0.3, -0.25) is 4.79 Å². The van der Waals surface area contributed by atoms with E-state index < -0.39 is 0 Å². The van der Waals surface area contributed by atoms with Gasteiger partial charge in [0.2, 0.25) is 0 Å². The average Bonchev–Trinajstić information content (AvgIpc) is 2.63. The Balaban J connectivity index is 2.24. The van der Waals surface area contributed by atoms with Crippen LogP contribution in [-0.2, 0) is 6.42 Å². The highest BCUT2D eigenvalue weighted by Gasteiger charge is 2.30. The molecule has 1 amide bonds. The second-order valence-corrected chi connectivity index (χ2v) is 5.00. The number of carbonyl (C=O) groups is 1. The lowest BCUT2D eigenvalue weighted by Crippen LogP contribution is -2.25. The summed E-state index contributed by atoms with van der Waals surface area (Å²) in [7, 11) is 1.72. The molecule has 0 unspecified atom stereocenters. The first kappa shape index (κ1) is 14.0. The minimum atomic E-state index is -0.146. The molecule has 0 N–H and O–H groups in total. The summed E-state index contributed by atoms with van der Waals surface area (Å²) < 4.78 is 0. The van der Waals surface area contributed by atoms with Gasteiger partial charge in [0.15, 0.2) is 5.82 Å². The van der Waals surface area contributed by atoms with E-state index in [0.717, 1.165) is 11.3 Å². The molecule has 0 fully saturated rings. The van der Waals surface area contributed by atoms with Crippen LogP contribution in [0.15, 0.2) is 30.6 Å². The molecule has 3 rings (SSSR count). The third kappa shape index (κ3) is 2.07. The van der Waals surface area contributed by atoms with Crippen molar-refractivity contribution in [2.45, 2.75) is 13.3 Å². The summed E-state index contributed by atoms with van der Waals surface area (Å²) in [4.78, 5) is 25.1. The molecule has 1 aliphatic heterocycles. The van der Waals surface area contributed by atoms with Gasteiger partial charge in [0.25, 0.3) is 5.91 Å². The number of carbonyl (C=O) groups excluding carboxylic acids is 1. The van der Waals surface area contributed by atoms with Crippen molar-refractivity contribution < 1.29 is 4.79 Å². The molecule has 0 bridgehead atoms. The fourth-order valence-corrected chi connectivity index (χ4v) is 2.61. The van der Waals surface area contributed by atoms with Crippen molar-refractivity contribution in [3.05, 3.63) is 41.7 Å². The third-order valence-corrected chi connectivity index (χ3v) is 3.70. The number of nitriles is 1. The number of pyridine rings is 2. The predicted molar refractivity (Wildman–Crippen MR) is 83.2 cm³/mol. The molecule has 6 nitrogen and oxygen atoms in total. The largest absolute Gasteiger partial charge is 0.309 e. The van der Waals surface area contributed by atoms with E-state index in [9.17, 15) is 4.79 Å². The Kier molecular flexibility index (Phi) is 3.47. The maximum absolute atomic E-state index is 12.8. The molecule has 0 saturated carbocycles. The Morgan fingerprint density at radius 1 is 1.32 bits per heavy atom. The molecular formula is C16H15N5O. The molecular weight excluding hydrogens is 278 g/mol. The summed E-state index contributed by atoms with van der Waals surface area (Å²) in [5, 5.41) is 8.84. The Hall–Kier alpha value is -2.94. The highest BCUT2D eigenvalue weighted by atomic mass is 16.2. The first-order valence-electron chi connectivity index (χ1n) is 7.03. The molecule has 2 aromatic heterocycles. The van der Waals surface area contributed by atoms with Crippen LogP contribution in [0.2, 0.25) is 0 Å². The molecule has 0 saturated heterocycles. The molecule has 22 heavy (non-hydrogen) atoms. The van der Waals surface area contributed by atoms with Crippen LogP contribution in [0.5, 0.6) is 0 Å². The maximum atomic E-state index is 12.8. The summed E-state index contributed by atoms with van der Waals surface area (Å²) >= 11 is 0. The van der Waals surface area contributed by atoms with Crippen LogP contribution in [0.1, 0.15) is 22.8 Å². The van der Waals surface area contributed by atoms with Crippen LogP contribution in [-0.4, -0.2) is 29.5 Å².